The van der Waals surface area contributed by atoms with Crippen LogP contribution in [0.5, 0.6) is 5.88 Å². The van der Waals surface area contributed by atoms with Crippen LogP contribution < -0.4 is 4.74 Å². The molecule has 6 nitrogen and oxygen atoms in total. The van der Waals surface area contributed by atoms with E-state index in [1.165, 1.54) is 4.88 Å². The minimum absolute atomic E-state index is 0.564. The molecular formula is C15H13N5OS2. The normalized spacial score (nSPS) is 11.4. The van der Waals surface area contributed by atoms with E-state index in [2.05, 4.69) is 37.9 Å². The molecule has 0 aliphatic rings. The van der Waals surface area contributed by atoms with Crippen LogP contribution in [0.3, 0.4) is 0 Å². The zero-order chi connectivity index (χ0) is 15.8. The third-order valence-electron chi connectivity index (χ3n) is 3.34. The summed E-state index contributed by atoms with van der Waals surface area (Å²) in [7, 11) is 1.60. The van der Waals surface area contributed by atoms with Gasteiger partial charge in [-0.15, -0.1) is 11.3 Å². The molecule has 0 bridgehead atoms. The minimum Gasteiger partial charge on any atom is -0.481 e. The van der Waals surface area contributed by atoms with Crippen LogP contribution in [-0.2, 0) is 5.75 Å². The summed E-state index contributed by atoms with van der Waals surface area (Å²) in [4.78, 5) is 23.1. The highest BCUT2D eigenvalue weighted by atomic mass is 32.2. The number of aromatic nitrogens is 5. The first-order valence-electron chi connectivity index (χ1n) is 6.96. The van der Waals surface area contributed by atoms with Crippen molar-refractivity contribution in [2.24, 2.45) is 0 Å². The van der Waals surface area contributed by atoms with Crippen molar-refractivity contribution < 1.29 is 4.74 Å². The Balaban J connectivity index is 1.60. The van der Waals surface area contributed by atoms with Crippen molar-refractivity contribution in [3.05, 3.63) is 35.2 Å². The van der Waals surface area contributed by atoms with Crippen LogP contribution in [0.1, 0.15) is 10.7 Å². The van der Waals surface area contributed by atoms with E-state index in [-0.39, 0.29) is 0 Å². The van der Waals surface area contributed by atoms with Gasteiger partial charge in [-0.2, -0.15) is 4.98 Å². The van der Waals surface area contributed by atoms with Gasteiger partial charge in [-0.05, 0) is 19.1 Å². The predicted molar refractivity (Wildman–Crippen MR) is 92.2 cm³/mol. The smallest absolute Gasteiger partial charge is 0.215 e. The first-order chi connectivity index (χ1) is 11.2. The van der Waals surface area contributed by atoms with Gasteiger partial charge in [0, 0.05) is 16.3 Å². The molecule has 23 heavy (non-hydrogen) atoms. The second kappa shape index (κ2) is 5.78. The number of nitrogens with zero attached hydrogens (tertiary/aromatic N) is 4. The SMILES string of the molecule is COc1ccc2[nH]c(CSc3ncnc4sc(C)cc34)nc2n1. The molecule has 0 aliphatic heterocycles. The summed E-state index contributed by atoms with van der Waals surface area (Å²) in [5.41, 5.74) is 1.57. The van der Waals surface area contributed by atoms with E-state index in [4.69, 9.17) is 4.74 Å². The highest BCUT2D eigenvalue weighted by molar-refractivity contribution is 7.98. The van der Waals surface area contributed by atoms with Gasteiger partial charge in [0.05, 0.1) is 18.4 Å². The van der Waals surface area contributed by atoms with Gasteiger partial charge in [0.15, 0.2) is 5.65 Å². The van der Waals surface area contributed by atoms with Gasteiger partial charge in [0.25, 0.3) is 0 Å². The number of rotatable bonds is 4. The topological polar surface area (TPSA) is 76.6 Å². The number of hydrogen-bond acceptors (Lipinski definition) is 7. The Morgan fingerprint density at radius 1 is 1.26 bits per heavy atom. The number of hydrogen-bond donors (Lipinski definition) is 1. The van der Waals surface area contributed by atoms with Crippen molar-refractivity contribution in [3.8, 4) is 5.88 Å². The molecule has 4 aromatic rings. The number of fused-ring (bicyclic) bond motifs is 2. The van der Waals surface area contributed by atoms with Gasteiger partial charge in [-0.25, -0.2) is 15.0 Å². The first-order valence-corrected chi connectivity index (χ1v) is 8.77. The maximum atomic E-state index is 5.13. The van der Waals surface area contributed by atoms with E-state index >= 15 is 0 Å². The number of thiophene rings is 1. The average Bonchev–Trinajstić information content (AvgIpc) is 3.13. The Hall–Kier alpha value is -2.19. The summed E-state index contributed by atoms with van der Waals surface area (Å²) in [6.45, 7) is 2.08. The van der Waals surface area contributed by atoms with E-state index in [0.29, 0.717) is 17.3 Å². The van der Waals surface area contributed by atoms with E-state index < -0.39 is 0 Å². The van der Waals surface area contributed by atoms with E-state index in [1.54, 1.807) is 36.5 Å². The van der Waals surface area contributed by atoms with Crippen LogP contribution in [0.15, 0.2) is 29.6 Å². The molecule has 0 spiro atoms. The minimum atomic E-state index is 0.564. The second-order valence-electron chi connectivity index (χ2n) is 4.95. The molecule has 1 N–H and O–H groups in total. The van der Waals surface area contributed by atoms with Crippen molar-refractivity contribution in [3.63, 3.8) is 0 Å². The Morgan fingerprint density at radius 3 is 3.04 bits per heavy atom. The molecule has 0 saturated heterocycles. The van der Waals surface area contributed by atoms with Crippen LogP contribution in [0.2, 0.25) is 0 Å². The Kier molecular flexibility index (Phi) is 3.62. The third-order valence-corrected chi connectivity index (χ3v) is 5.32. The fourth-order valence-corrected chi connectivity index (χ4v) is 4.07. The van der Waals surface area contributed by atoms with Crippen molar-refractivity contribution in [1.29, 1.82) is 0 Å². The highest BCUT2D eigenvalue weighted by Crippen LogP contribution is 2.31. The number of nitrogens with one attached hydrogen (secondary N) is 1. The van der Waals surface area contributed by atoms with Crippen LogP contribution in [0.4, 0.5) is 0 Å². The van der Waals surface area contributed by atoms with Gasteiger partial charge in [-0.1, -0.05) is 11.8 Å². The molecule has 4 aromatic heterocycles. The molecule has 4 heterocycles. The van der Waals surface area contributed by atoms with Crippen molar-refractivity contribution in [2.45, 2.75) is 17.7 Å². The maximum Gasteiger partial charge on any atom is 0.215 e. The molecule has 0 aliphatic carbocycles. The number of methoxy groups -OCH3 is 1. The average molecular weight is 343 g/mol. The Morgan fingerprint density at radius 2 is 2.17 bits per heavy atom. The summed E-state index contributed by atoms with van der Waals surface area (Å²) in [5, 5.41) is 2.08. The van der Waals surface area contributed by atoms with Gasteiger partial charge >= 0.3 is 0 Å². The van der Waals surface area contributed by atoms with Gasteiger partial charge in [0.2, 0.25) is 5.88 Å². The molecule has 0 aromatic carbocycles. The van der Waals surface area contributed by atoms with Gasteiger partial charge in [-0.3, -0.25) is 0 Å². The van der Waals surface area contributed by atoms with E-state index in [9.17, 15) is 0 Å². The van der Waals surface area contributed by atoms with Gasteiger partial charge in [0.1, 0.15) is 22.0 Å². The molecule has 4 rings (SSSR count). The quantitative estimate of drug-likeness (QED) is 0.451. The molecule has 8 heteroatoms. The number of imidazole rings is 1. The van der Waals surface area contributed by atoms with E-state index in [1.807, 2.05) is 12.1 Å². The summed E-state index contributed by atoms with van der Waals surface area (Å²) in [5.74, 6) is 2.12. The number of aryl methyl sites for hydroxylation is 1. The number of pyridine rings is 1. The monoisotopic (exact) mass is 343 g/mol. The lowest BCUT2D eigenvalue weighted by atomic mass is 10.4. The maximum absolute atomic E-state index is 5.13. The molecule has 116 valence electrons. The number of aromatic amines is 1. The zero-order valence-electron chi connectivity index (χ0n) is 12.5. The highest BCUT2D eigenvalue weighted by Gasteiger charge is 2.10. The molecule has 0 atom stereocenters. The molecule has 0 fully saturated rings. The molecule has 0 radical (unpaired) electrons. The largest absolute Gasteiger partial charge is 0.481 e. The Labute approximate surface area is 140 Å². The Bertz CT molecular complexity index is 994. The zero-order valence-corrected chi connectivity index (χ0v) is 14.2. The lowest BCUT2D eigenvalue weighted by molar-refractivity contribution is 0.399. The fraction of sp³-hybridized carbons (Fsp3) is 0.200. The van der Waals surface area contributed by atoms with Gasteiger partial charge < -0.3 is 9.72 Å². The van der Waals surface area contributed by atoms with Crippen LogP contribution in [0, 0.1) is 6.92 Å². The van der Waals surface area contributed by atoms with E-state index in [0.717, 1.165) is 26.6 Å². The van der Waals surface area contributed by atoms with Crippen molar-refractivity contribution in [2.75, 3.05) is 7.11 Å². The second-order valence-corrected chi connectivity index (χ2v) is 7.15. The lowest BCUT2D eigenvalue weighted by Gasteiger charge is -1.99. The summed E-state index contributed by atoms with van der Waals surface area (Å²) in [6.07, 6.45) is 1.62. The molecular weight excluding hydrogens is 330 g/mol. The molecule has 0 amide bonds. The molecule has 0 unspecified atom stereocenters. The first kappa shape index (κ1) is 14.4. The number of H-pyrrole nitrogens is 1. The predicted octanol–water partition coefficient (Wildman–Crippen LogP) is 3.57. The summed E-state index contributed by atoms with van der Waals surface area (Å²) in [6, 6.07) is 5.88. The standard InChI is InChI=1S/C15H13N5OS2/c1-8-5-9-14(16-7-17-15(9)23-8)22-6-11-18-10-3-4-12(21-2)20-13(10)19-11/h3-5,7H,6H2,1-2H3,(H,18,19,20). The van der Waals surface area contributed by atoms with Crippen molar-refractivity contribution >= 4 is 44.5 Å². The van der Waals surface area contributed by atoms with Crippen LogP contribution in [0.25, 0.3) is 21.4 Å². The van der Waals surface area contributed by atoms with Crippen LogP contribution >= 0.6 is 23.1 Å². The number of thioether (sulfide) groups is 1. The summed E-state index contributed by atoms with van der Waals surface area (Å²) >= 11 is 3.33. The fourth-order valence-electron chi connectivity index (χ4n) is 2.31. The third kappa shape index (κ3) is 2.75. The van der Waals surface area contributed by atoms with Crippen molar-refractivity contribution in [1.82, 2.24) is 24.9 Å². The molecule has 0 saturated carbocycles. The summed E-state index contributed by atoms with van der Waals surface area (Å²) < 4.78 is 5.13. The number of ether oxygens (including phenoxy) is 1. The van der Waals surface area contributed by atoms with Crippen LogP contribution in [-0.4, -0.2) is 32.0 Å². The lowest BCUT2D eigenvalue weighted by Crippen LogP contribution is -1.87.